The summed E-state index contributed by atoms with van der Waals surface area (Å²) in [6.45, 7) is 2.52. The third kappa shape index (κ3) is 4.09. The van der Waals surface area contributed by atoms with Crippen molar-refractivity contribution < 1.29 is 5.11 Å². The first-order chi connectivity index (χ1) is 8.78. The molecule has 2 N–H and O–H groups in total. The lowest BCUT2D eigenvalue weighted by atomic mass is 10.0. The molecule has 1 aliphatic rings. The van der Waals surface area contributed by atoms with Gasteiger partial charge in [-0.3, -0.25) is 0 Å². The zero-order valence-electron chi connectivity index (χ0n) is 11.2. The molecule has 100 valence electrons. The van der Waals surface area contributed by atoms with E-state index in [4.69, 9.17) is 0 Å². The van der Waals surface area contributed by atoms with Gasteiger partial charge < -0.3 is 15.3 Å². The first-order valence-electron chi connectivity index (χ1n) is 6.87. The van der Waals surface area contributed by atoms with Crippen molar-refractivity contribution in [3.8, 4) is 0 Å². The highest BCUT2D eigenvalue weighted by molar-refractivity contribution is 5.16. The molecule has 0 unspecified atom stereocenters. The summed E-state index contributed by atoms with van der Waals surface area (Å²) in [5.74, 6) is 0. The van der Waals surface area contributed by atoms with E-state index in [1.807, 2.05) is 6.07 Å². The molecule has 1 aromatic carbocycles. The van der Waals surface area contributed by atoms with Gasteiger partial charge in [-0.05, 0) is 45.0 Å². The molecule has 3 heteroatoms. The maximum absolute atomic E-state index is 9.50. The predicted octanol–water partition coefficient (Wildman–Crippen LogP) is 1.27. The largest absolute Gasteiger partial charge is 0.395 e. The Balaban J connectivity index is 1.82. The maximum atomic E-state index is 9.50. The van der Waals surface area contributed by atoms with Gasteiger partial charge in [-0.2, -0.15) is 0 Å². The Hall–Kier alpha value is -0.900. The molecule has 1 fully saturated rings. The summed E-state index contributed by atoms with van der Waals surface area (Å²) in [6, 6.07) is 11.1. The molecule has 1 saturated heterocycles. The van der Waals surface area contributed by atoms with Crippen molar-refractivity contribution in [1.29, 1.82) is 0 Å². The number of nitrogens with zero attached hydrogens (tertiary/aromatic N) is 1. The fourth-order valence-electron chi connectivity index (χ4n) is 2.58. The highest BCUT2D eigenvalue weighted by atomic mass is 16.3. The number of nitrogens with one attached hydrogen (secondary N) is 1. The lowest BCUT2D eigenvalue weighted by Gasteiger charge is -2.32. The Morgan fingerprint density at radius 2 is 1.94 bits per heavy atom. The molecule has 1 heterocycles. The van der Waals surface area contributed by atoms with E-state index in [0.29, 0.717) is 6.04 Å². The summed E-state index contributed by atoms with van der Waals surface area (Å²) in [5, 5.41) is 13.1. The normalized spacial score (nSPS) is 19.9. The van der Waals surface area contributed by atoms with Crippen LogP contribution < -0.4 is 5.32 Å². The first kappa shape index (κ1) is 13.5. The van der Waals surface area contributed by atoms with E-state index in [2.05, 4.69) is 41.5 Å². The zero-order chi connectivity index (χ0) is 12.8. The van der Waals surface area contributed by atoms with Crippen LogP contribution in [0.15, 0.2) is 30.3 Å². The van der Waals surface area contributed by atoms with Crippen LogP contribution in [0.25, 0.3) is 0 Å². The lowest BCUT2D eigenvalue weighted by Crippen LogP contribution is -2.47. The van der Waals surface area contributed by atoms with Gasteiger partial charge >= 0.3 is 0 Å². The molecule has 0 bridgehead atoms. The number of aliphatic hydroxyl groups is 1. The van der Waals surface area contributed by atoms with Crippen molar-refractivity contribution in [3.05, 3.63) is 35.9 Å². The molecule has 0 aromatic heterocycles. The third-order valence-corrected chi connectivity index (χ3v) is 3.74. The zero-order valence-corrected chi connectivity index (χ0v) is 11.2. The minimum atomic E-state index is 0.181. The van der Waals surface area contributed by atoms with E-state index in [1.165, 1.54) is 18.4 Å². The number of hydrogen-bond acceptors (Lipinski definition) is 3. The summed E-state index contributed by atoms with van der Waals surface area (Å²) in [5.41, 5.74) is 1.29. The molecule has 0 amide bonds. The Morgan fingerprint density at radius 1 is 1.28 bits per heavy atom. The molecular weight excluding hydrogens is 224 g/mol. The molecule has 1 atom stereocenters. The van der Waals surface area contributed by atoms with Gasteiger partial charge in [0.05, 0.1) is 6.61 Å². The van der Waals surface area contributed by atoms with Crippen LogP contribution in [0.1, 0.15) is 18.4 Å². The fourth-order valence-corrected chi connectivity index (χ4v) is 2.58. The predicted molar refractivity (Wildman–Crippen MR) is 74.7 cm³/mol. The van der Waals surface area contributed by atoms with Crippen LogP contribution in [-0.4, -0.2) is 48.8 Å². The fraction of sp³-hybridized carbons (Fsp3) is 0.600. The molecule has 1 aliphatic heterocycles. The Bertz CT molecular complexity index is 334. The molecule has 1 aromatic rings. The lowest BCUT2D eigenvalue weighted by molar-refractivity contribution is 0.189. The summed E-state index contributed by atoms with van der Waals surface area (Å²) >= 11 is 0. The topological polar surface area (TPSA) is 35.5 Å². The average molecular weight is 248 g/mol. The summed E-state index contributed by atoms with van der Waals surface area (Å²) in [7, 11) is 2.17. The number of hydrogen-bond donors (Lipinski definition) is 2. The van der Waals surface area contributed by atoms with E-state index in [9.17, 15) is 5.11 Å². The van der Waals surface area contributed by atoms with Crippen LogP contribution in [0, 0.1) is 0 Å². The van der Waals surface area contributed by atoms with Crippen molar-refractivity contribution in [2.75, 3.05) is 26.7 Å². The Morgan fingerprint density at radius 3 is 2.56 bits per heavy atom. The molecular formula is C15H24N2O. The van der Waals surface area contributed by atoms with Gasteiger partial charge in [-0.1, -0.05) is 30.3 Å². The molecule has 0 radical (unpaired) electrons. The molecule has 18 heavy (non-hydrogen) atoms. The van der Waals surface area contributed by atoms with Crippen LogP contribution in [-0.2, 0) is 6.42 Å². The Kier molecular flexibility index (Phi) is 5.17. The molecule has 0 saturated carbocycles. The summed E-state index contributed by atoms with van der Waals surface area (Å²) in [6.07, 6.45) is 3.27. The van der Waals surface area contributed by atoms with E-state index >= 15 is 0 Å². The number of aliphatic hydroxyl groups excluding tert-OH is 1. The second-order valence-corrected chi connectivity index (χ2v) is 5.31. The second-order valence-electron chi connectivity index (χ2n) is 5.31. The molecule has 2 rings (SSSR count). The van der Waals surface area contributed by atoms with E-state index in [-0.39, 0.29) is 12.6 Å². The van der Waals surface area contributed by atoms with Crippen LogP contribution >= 0.6 is 0 Å². The van der Waals surface area contributed by atoms with Gasteiger partial charge in [-0.15, -0.1) is 0 Å². The minimum Gasteiger partial charge on any atom is -0.395 e. The van der Waals surface area contributed by atoms with Crippen molar-refractivity contribution >= 4 is 0 Å². The first-order valence-corrected chi connectivity index (χ1v) is 6.87. The van der Waals surface area contributed by atoms with E-state index in [0.717, 1.165) is 19.5 Å². The van der Waals surface area contributed by atoms with Gasteiger partial charge in [0.15, 0.2) is 0 Å². The van der Waals surface area contributed by atoms with Crippen LogP contribution in [0.5, 0.6) is 0 Å². The number of benzene rings is 1. The Labute approximate surface area is 110 Å². The number of likely N-dealkylation sites (tertiary alicyclic amines) is 1. The van der Waals surface area contributed by atoms with Gasteiger partial charge in [0, 0.05) is 12.1 Å². The summed E-state index contributed by atoms with van der Waals surface area (Å²) in [4.78, 5) is 2.36. The van der Waals surface area contributed by atoms with Gasteiger partial charge in [0.25, 0.3) is 0 Å². The molecule has 0 spiro atoms. The van der Waals surface area contributed by atoms with Crippen LogP contribution in [0.2, 0.25) is 0 Å². The SMILES string of the molecule is CN1CCC(N[C@H](CO)Cc2ccccc2)CC1. The van der Waals surface area contributed by atoms with Gasteiger partial charge in [-0.25, -0.2) is 0 Å². The van der Waals surface area contributed by atoms with E-state index in [1.54, 1.807) is 0 Å². The van der Waals surface area contributed by atoms with Crippen molar-refractivity contribution in [2.24, 2.45) is 0 Å². The highest BCUT2D eigenvalue weighted by Crippen LogP contribution is 2.11. The van der Waals surface area contributed by atoms with Crippen LogP contribution in [0.4, 0.5) is 0 Å². The molecule has 3 nitrogen and oxygen atoms in total. The van der Waals surface area contributed by atoms with Crippen LogP contribution in [0.3, 0.4) is 0 Å². The van der Waals surface area contributed by atoms with Gasteiger partial charge in [0.1, 0.15) is 0 Å². The second kappa shape index (κ2) is 6.88. The quantitative estimate of drug-likeness (QED) is 0.824. The average Bonchev–Trinajstić information content (AvgIpc) is 2.41. The van der Waals surface area contributed by atoms with Crippen molar-refractivity contribution in [2.45, 2.75) is 31.3 Å². The minimum absolute atomic E-state index is 0.181. The smallest absolute Gasteiger partial charge is 0.0587 e. The van der Waals surface area contributed by atoms with Crippen molar-refractivity contribution in [3.63, 3.8) is 0 Å². The standard InChI is InChI=1S/C15H24N2O/c1-17-9-7-14(8-10-17)16-15(12-18)11-13-5-3-2-4-6-13/h2-6,14-16,18H,7-12H2,1H3/t15-/m0/s1. The summed E-state index contributed by atoms with van der Waals surface area (Å²) < 4.78 is 0. The number of rotatable bonds is 5. The third-order valence-electron chi connectivity index (χ3n) is 3.74. The molecule has 0 aliphatic carbocycles. The monoisotopic (exact) mass is 248 g/mol. The highest BCUT2D eigenvalue weighted by Gasteiger charge is 2.19. The van der Waals surface area contributed by atoms with E-state index < -0.39 is 0 Å². The van der Waals surface area contributed by atoms with Gasteiger partial charge in [0.2, 0.25) is 0 Å². The van der Waals surface area contributed by atoms with Crippen molar-refractivity contribution in [1.82, 2.24) is 10.2 Å². The number of piperidine rings is 1. The maximum Gasteiger partial charge on any atom is 0.0587 e.